The van der Waals surface area contributed by atoms with Gasteiger partial charge in [0, 0.05) is 57.9 Å². The molecule has 4 aromatic carbocycles. The predicted molar refractivity (Wildman–Crippen MR) is 253 cm³/mol. The number of piperazine rings is 2. The fourth-order valence-electron chi connectivity index (χ4n) is 7.27. The van der Waals surface area contributed by atoms with Crippen molar-refractivity contribution in [2.75, 3.05) is 52.4 Å². The van der Waals surface area contributed by atoms with Gasteiger partial charge in [0.25, 0.3) is 0 Å². The van der Waals surface area contributed by atoms with E-state index in [1.54, 1.807) is 65.8 Å². The molecule has 0 atom stereocenters. The maximum Gasteiger partial charge on any atom is 0.410 e. The second-order valence-corrected chi connectivity index (χ2v) is 22.4. The van der Waals surface area contributed by atoms with E-state index in [2.05, 4.69) is 0 Å². The summed E-state index contributed by atoms with van der Waals surface area (Å²) in [5.41, 5.74) is 7.81. The van der Waals surface area contributed by atoms with Gasteiger partial charge in [0.15, 0.2) is 0 Å². The predicted octanol–water partition coefficient (Wildman–Crippen LogP) is 7.47. The number of carbonyl (C=O) groups is 4. The first-order valence-corrected chi connectivity index (χ1v) is 24.7. The number of rotatable bonds is 10. The van der Waals surface area contributed by atoms with Crippen molar-refractivity contribution in [3.63, 3.8) is 0 Å². The number of carboxylic acids is 1. The summed E-state index contributed by atoms with van der Waals surface area (Å²) in [6, 6.07) is 18.9. The quantitative estimate of drug-likeness (QED) is 0.157. The van der Waals surface area contributed by atoms with Crippen LogP contribution in [0.5, 0.6) is 23.0 Å². The smallest absolute Gasteiger partial charge is 0.410 e. The molecule has 3 amide bonds. The van der Waals surface area contributed by atoms with Gasteiger partial charge in [-0.2, -0.15) is 8.61 Å². The fourth-order valence-corrected chi connectivity index (χ4v) is 10.4. The van der Waals surface area contributed by atoms with Gasteiger partial charge in [0.2, 0.25) is 26.0 Å². The number of benzene rings is 4. The summed E-state index contributed by atoms with van der Waals surface area (Å²) in [5, 5.41) is 9.42. The van der Waals surface area contributed by atoms with Crippen molar-refractivity contribution < 1.29 is 60.1 Å². The van der Waals surface area contributed by atoms with Crippen LogP contribution in [-0.4, -0.2) is 128 Å². The molecule has 2 aliphatic rings. The molecule has 68 heavy (non-hydrogen) atoms. The lowest BCUT2D eigenvalue weighted by atomic mass is 10.1. The van der Waals surface area contributed by atoms with Crippen LogP contribution >= 0.6 is 0 Å². The average Bonchev–Trinajstić information content (AvgIpc) is 3.22. The Labute approximate surface area is 398 Å². The fraction of sp³-hybridized carbons (Fsp3) is 0.417. The molecule has 0 bridgehead atoms. The highest BCUT2D eigenvalue weighted by Crippen LogP contribution is 2.35. The van der Waals surface area contributed by atoms with Crippen LogP contribution in [0.1, 0.15) is 84.5 Å². The van der Waals surface area contributed by atoms with Crippen molar-refractivity contribution in [3.8, 4) is 23.0 Å². The summed E-state index contributed by atoms with van der Waals surface area (Å²) in [4.78, 5) is 50.5. The van der Waals surface area contributed by atoms with Crippen LogP contribution in [0.25, 0.3) is 0 Å². The number of nitrogens with zero attached hydrogens (tertiary/aromatic N) is 4. The molecule has 4 aromatic rings. The van der Waals surface area contributed by atoms with Crippen molar-refractivity contribution in [1.82, 2.24) is 18.4 Å². The Morgan fingerprint density at radius 1 is 0.515 bits per heavy atom. The Balaban J connectivity index is 0.000000254. The number of hydrogen-bond donors (Lipinski definition) is 2. The topological polar surface area (TPSA) is 233 Å². The van der Waals surface area contributed by atoms with Crippen molar-refractivity contribution in [2.24, 2.45) is 5.73 Å². The SMILES string of the molecule is Cc1cc(C)cc(Oc2ccc(C(=O)O)cc2S(=O)(=O)N2CCN(C(=O)OC(C)(C)C)CC2)c1.Cc1cc(C)cc(Oc2ccc(C(N)=O)cc2S(=O)(=O)N2CCN(C(=O)OC(C)(C)C)CC2)c1. The van der Waals surface area contributed by atoms with Crippen LogP contribution in [-0.2, 0) is 29.5 Å². The second kappa shape index (κ2) is 21.0. The molecular weight excluding hydrogens is 919 g/mol. The number of carboxylic acid groups (broad SMARTS) is 1. The standard InChI is InChI=1S/C24H31N3O6S.C24H30N2O7S/c1-16-12-17(2)14-19(13-16)32-20-7-6-18(22(25)28)15-21(20)34(30,31)27-10-8-26(9-11-27)23(29)33-24(3,4)5;1-16-12-17(2)14-19(13-16)32-20-7-6-18(22(27)28)15-21(20)34(30,31)26-10-8-25(9-11-26)23(29)33-24(3,4)5/h6-7,12-15H,8-11H2,1-5H3,(H2,25,28);6-7,12-15H,8-11H2,1-5H3,(H,27,28). The average molecular weight is 980 g/mol. The zero-order valence-electron chi connectivity index (χ0n) is 40.1. The highest BCUT2D eigenvalue weighted by atomic mass is 32.2. The summed E-state index contributed by atoms with van der Waals surface area (Å²) >= 11 is 0. The highest BCUT2D eigenvalue weighted by molar-refractivity contribution is 7.89. The van der Waals surface area contributed by atoms with E-state index in [-0.39, 0.29) is 84.8 Å². The first kappa shape index (κ1) is 52.7. The third kappa shape index (κ3) is 13.9. The molecule has 368 valence electrons. The molecular formula is C48H61N5O13S2. The van der Waals surface area contributed by atoms with Gasteiger partial charge >= 0.3 is 18.2 Å². The van der Waals surface area contributed by atoms with E-state index in [1.807, 2.05) is 39.8 Å². The molecule has 0 radical (unpaired) electrons. The molecule has 2 heterocycles. The Kier molecular flexibility index (Phi) is 16.3. The van der Waals surface area contributed by atoms with Crippen LogP contribution in [0.4, 0.5) is 9.59 Å². The van der Waals surface area contributed by atoms with E-state index in [1.165, 1.54) is 48.7 Å². The number of aromatic carboxylic acids is 1. The number of hydrogen-bond acceptors (Lipinski definition) is 12. The second-order valence-electron chi connectivity index (χ2n) is 18.6. The third-order valence-corrected chi connectivity index (χ3v) is 14.1. The van der Waals surface area contributed by atoms with Crippen molar-refractivity contribution >= 4 is 44.1 Å². The van der Waals surface area contributed by atoms with Gasteiger partial charge in [-0.1, -0.05) is 12.1 Å². The molecule has 2 saturated heterocycles. The molecule has 0 aliphatic carbocycles. The maximum atomic E-state index is 13.6. The van der Waals surface area contributed by atoms with Crippen molar-refractivity contribution in [1.29, 1.82) is 0 Å². The molecule has 2 fully saturated rings. The summed E-state index contributed by atoms with van der Waals surface area (Å²) in [7, 11) is -8.16. The monoisotopic (exact) mass is 979 g/mol. The maximum absolute atomic E-state index is 13.6. The van der Waals surface area contributed by atoms with Crippen molar-refractivity contribution in [3.05, 3.63) is 106 Å². The van der Waals surface area contributed by atoms with Gasteiger partial charge in [0.1, 0.15) is 44.0 Å². The van der Waals surface area contributed by atoms with Gasteiger partial charge in [-0.25, -0.2) is 31.2 Å². The van der Waals surface area contributed by atoms with Crippen LogP contribution < -0.4 is 15.2 Å². The van der Waals surface area contributed by atoms with Crippen LogP contribution in [0.3, 0.4) is 0 Å². The molecule has 2 aliphatic heterocycles. The Bertz CT molecular complexity index is 2540. The van der Waals surface area contributed by atoms with E-state index in [0.29, 0.717) is 11.5 Å². The highest BCUT2D eigenvalue weighted by Gasteiger charge is 2.36. The molecule has 18 nitrogen and oxygen atoms in total. The van der Waals surface area contributed by atoms with Crippen molar-refractivity contribution in [2.45, 2.75) is 90.2 Å². The van der Waals surface area contributed by atoms with Gasteiger partial charge < -0.3 is 39.6 Å². The van der Waals surface area contributed by atoms with Gasteiger partial charge in [-0.15, -0.1) is 0 Å². The number of ether oxygens (including phenoxy) is 4. The zero-order chi connectivity index (χ0) is 50.5. The lowest BCUT2D eigenvalue weighted by molar-refractivity contribution is 0.0183. The molecule has 0 spiro atoms. The van der Waals surface area contributed by atoms with E-state index >= 15 is 0 Å². The number of carbonyl (C=O) groups excluding carboxylic acids is 3. The molecule has 6 rings (SSSR count). The van der Waals surface area contributed by atoms with Crippen LogP contribution in [0.2, 0.25) is 0 Å². The minimum absolute atomic E-state index is 0.0320. The summed E-state index contributed by atoms with van der Waals surface area (Å²) in [6.07, 6.45) is -0.990. The summed E-state index contributed by atoms with van der Waals surface area (Å²) in [6.45, 7) is 19.1. The first-order valence-electron chi connectivity index (χ1n) is 21.8. The molecule has 0 unspecified atom stereocenters. The summed E-state index contributed by atoms with van der Waals surface area (Å²) < 4.78 is 79.3. The molecule has 3 N–H and O–H groups in total. The normalized spacial score (nSPS) is 15.1. The van der Waals surface area contributed by atoms with E-state index in [4.69, 9.17) is 24.7 Å². The molecule has 0 aromatic heterocycles. The van der Waals surface area contributed by atoms with Crippen LogP contribution in [0.15, 0.2) is 82.6 Å². The number of nitrogens with two attached hydrogens (primary N) is 1. The molecule has 20 heteroatoms. The van der Waals surface area contributed by atoms with E-state index in [0.717, 1.165) is 28.3 Å². The lowest BCUT2D eigenvalue weighted by Crippen LogP contribution is -2.51. The Morgan fingerprint density at radius 3 is 1.15 bits per heavy atom. The Morgan fingerprint density at radius 2 is 0.838 bits per heavy atom. The van der Waals surface area contributed by atoms with Gasteiger partial charge in [-0.05, 0) is 152 Å². The zero-order valence-corrected chi connectivity index (χ0v) is 41.7. The third-order valence-electron chi connectivity index (χ3n) is 10.3. The Hall–Kier alpha value is -6.22. The minimum Gasteiger partial charge on any atom is -0.478 e. The van der Waals surface area contributed by atoms with E-state index < -0.39 is 55.3 Å². The lowest BCUT2D eigenvalue weighted by Gasteiger charge is -2.35. The van der Waals surface area contributed by atoms with Crippen LogP contribution in [0, 0.1) is 27.7 Å². The largest absolute Gasteiger partial charge is 0.478 e. The number of sulfonamides is 2. The number of primary amides is 1. The minimum atomic E-state index is -4.11. The molecule has 0 saturated carbocycles. The van der Waals surface area contributed by atoms with Gasteiger partial charge in [-0.3, -0.25) is 4.79 Å². The number of aryl methyl sites for hydroxylation is 4. The number of amides is 3. The first-order chi connectivity index (χ1) is 31.5. The van der Waals surface area contributed by atoms with E-state index in [9.17, 15) is 41.1 Å². The summed E-state index contributed by atoms with van der Waals surface area (Å²) in [5.74, 6) is -0.940. The van der Waals surface area contributed by atoms with Gasteiger partial charge in [0.05, 0.1) is 5.56 Å².